The SMILES string of the molecule is CCOC(=O)c1c(C)[nH]c(C(=O)COC(=O)CN2C(=O)NC3(CCCC3)C2=O)c1C. The third-order valence-electron chi connectivity index (χ3n) is 5.55. The van der Waals surface area contributed by atoms with Crippen LogP contribution in [0.3, 0.4) is 0 Å². The minimum atomic E-state index is -0.907. The minimum Gasteiger partial charge on any atom is -0.462 e. The molecule has 2 N–H and O–H groups in total. The molecule has 1 aliphatic carbocycles. The van der Waals surface area contributed by atoms with E-state index in [4.69, 9.17) is 9.47 Å². The van der Waals surface area contributed by atoms with Crippen molar-refractivity contribution in [1.82, 2.24) is 15.2 Å². The van der Waals surface area contributed by atoms with Gasteiger partial charge in [-0.15, -0.1) is 0 Å². The first-order chi connectivity index (χ1) is 14.2. The Morgan fingerprint density at radius 2 is 1.77 bits per heavy atom. The van der Waals surface area contributed by atoms with E-state index in [1.54, 1.807) is 20.8 Å². The van der Waals surface area contributed by atoms with Gasteiger partial charge < -0.3 is 19.8 Å². The van der Waals surface area contributed by atoms with Crippen molar-refractivity contribution >= 4 is 29.7 Å². The lowest BCUT2D eigenvalue weighted by molar-refractivity contribution is -0.146. The molecule has 0 atom stereocenters. The van der Waals surface area contributed by atoms with Gasteiger partial charge in [0.2, 0.25) is 5.78 Å². The summed E-state index contributed by atoms with van der Waals surface area (Å²) in [7, 11) is 0. The number of hydrogen-bond acceptors (Lipinski definition) is 7. The van der Waals surface area contributed by atoms with E-state index in [9.17, 15) is 24.0 Å². The highest BCUT2D eigenvalue weighted by Crippen LogP contribution is 2.34. The van der Waals surface area contributed by atoms with Crippen molar-refractivity contribution in [1.29, 1.82) is 0 Å². The van der Waals surface area contributed by atoms with Crippen molar-refractivity contribution in [2.24, 2.45) is 0 Å². The number of esters is 2. The maximum atomic E-state index is 12.6. The normalized spacial score (nSPS) is 17.4. The fourth-order valence-corrected chi connectivity index (χ4v) is 4.07. The number of aromatic amines is 1. The van der Waals surface area contributed by atoms with Crippen molar-refractivity contribution in [3.05, 3.63) is 22.5 Å². The molecular formula is C20H25N3O7. The molecule has 0 radical (unpaired) electrons. The van der Waals surface area contributed by atoms with Crippen LogP contribution in [0.25, 0.3) is 0 Å². The van der Waals surface area contributed by atoms with Gasteiger partial charge in [-0.3, -0.25) is 19.3 Å². The minimum absolute atomic E-state index is 0.142. The van der Waals surface area contributed by atoms with Gasteiger partial charge in [-0.05, 0) is 39.2 Å². The lowest BCUT2D eigenvalue weighted by Crippen LogP contribution is -2.44. The number of Topliss-reactive ketones (excluding diaryl/α,β-unsaturated/α-hetero) is 1. The molecule has 162 valence electrons. The van der Waals surface area contributed by atoms with Gasteiger partial charge in [0.15, 0.2) is 6.61 Å². The summed E-state index contributed by atoms with van der Waals surface area (Å²) in [6, 6.07) is -0.625. The number of urea groups is 1. The number of carbonyl (C=O) groups is 5. The van der Waals surface area contributed by atoms with Crippen LogP contribution in [0, 0.1) is 13.8 Å². The average molecular weight is 419 g/mol. The number of nitrogens with one attached hydrogen (secondary N) is 2. The van der Waals surface area contributed by atoms with Crippen molar-refractivity contribution in [3.63, 3.8) is 0 Å². The van der Waals surface area contributed by atoms with E-state index in [1.807, 2.05) is 0 Å². The smallest absolute Gasteiger partial charge is 0.340 e. The van der Waals surface area contributed by atoms with E-state index in [0.717, 1.165) is 17.7 Å². The molecular weight excluding hydrogens is 394 g/mol. The molecule has 2 aliphatic rings. The molecule has 1 aliphatic heterocycles. The summed E-state index contributed by atoms with van der Waals surface area (Å²) in [4.78, 5) is 65.0. The van der Waals surface area contributed by atoms with Crippen molar-refractivity contribution in [2.75, 3.05) is 19.8 Å². The molecule has 0 bridgehead atoms. The van der Waals surface area contributed by atoms with Gasteiger partial charge in [0, 0.05) is 5.69 Å². The molecule has 1 saturated heterocycles. The molecule has 10 nitrogen and oxygen atoms in total. The van der Waals surface area contributed by atoms with Crippen LogP contribution in [0.4, 0.5) is 4.79 Å². The Hall–Kier alpha value is -3.17. The quantitative estimate of drug-likeness (QED) is 0.387. The van der Waals surface area contributed by atoms with Crippen molar-refractivity contribution in [3.8, 4) is 0 Å². The molecule has 2 heterocycles. The fraction of sp³-hybridized carbons (Fsp3) is 0.550. The summed E-state index contributed by atoms with van der Waals surface area (Å²) < 4.78 is 9.97. The Morgan fingerprint density at radius 1 is 1.10 bits per heavy atom. The summed E-state index contributed by atoms with van der Waals surface area (Å²) in [6.45, 7) is 3.97. The highest BCUT2D eigenvalue weighted by atomic mass is 16.5. The maximum absolute atomic E-state index is 12.6. The maximum Gasteiger partial charge on any atom is 0.340 e. The zero-order chi connectivity index (χ0) is 22.1. The number of aromatic nitrogens is 1. The third-order valence-corrected chi connectivity index (χ3v) is 5.55. The number of amides is 3. The van der Waals surface area contributed by atoms with Crippen molar-refractivity contribution < 1.29 is 33.4 Å². The van der Waals surface area contributed by atoms with Crippen molar-refractivity contribution in [2.45, 2.75) is 52.0 Å². The van der Waals surface area contributed by atoms with E-state index in [-0.39, 0.29) is 17.9 Å². The van der Waals surface area contributed by atoms with Crippen LogP contribution in [0.2, 0.25) is 0 Å². The first-order valence-corrected chi connectivity index (χ1v) is 9.89. The summed E-state index contributed by atoms with van der Waals surface area (Å²) in [6.07, 6.45) is 2.77. The molecule has 0 aromatic carbocycles. The highest BCUT2D eigenvalue weighted by molar-refractivity contribution is 6.09. The number of H-pyrrole nitrogens is 1. The molecule has 10 heteroatoms. The Balaban J connectivity index is 1.60. The molecule has 1 aromatic rings. The van der Waals surface area contributed by atoms with E-state index in [1.165, 1.54) is 0 Å². The zero-order valence-electron chi connectivity index (χ0n) is 17.3. The topological polar surface area (TPSA) is 135 Å². The summed E-state index contributed by atoms with van der Waals surface area (Å²) in [5.41, 5.74) is 0.386. The summed E-state index contributed by atoms with van der Waals surface area (Å²) in [5, 5.41) is 2.68. The number of aryl methyl sites for hydroxylation is 1. The van der Waals surface area contributed by atoms with E-state index >= 15 is 0 Å². The van der Waals surface area contributed by atoms with Crippen LogP contribution in [0.5, 0.6) is 0 Å². The second kappa shape index (κ2) is 8.29. The third kappa shape index (κ3) is 3.81. The van der Waals surface area contributed by atoms with Crippen LogP contribution in [-0.4, -0.2) is 64.8 Å². The number of rotatable bonds is 7. The van der Waals surface area contributed by atoms with Crippen LogP contribution in [0.15, 0.2) is 0 Å². The first-order valence-electron chi connectivity index (χ1n) is 9.89. The van der Waals surface area contributed by atoms with Gasteiger partial charge in [0.05, 0.1) is 17.9 Å². The number of carbonyl (C=O) groups excluding carboxylic acids is 5. The van der Waals surface area contributed by atoms with Gasteiger partial charge in [-0.1, -0.05) is 12.8 Å². The van der Waals surface area contributed by atoms with Gasteiger partial charge in [-0.2, -0.15) is 0 Å². The van der Waals surface area contributed by atoms with Crippen LogP contribution >= 0.6 is 0 Å². The standard InChI is InChI=1S/C20H25N3O7/c1-4-29-17(26)15-11(2)16(21-12(15)3)13(24)10-30-14(25)9-23-18(27)20(22-19(23)28)7-5-6-8-20/h21H,4-10H2,1-3H3,(H,22,28). The Bertz CT molecular complexity index is 912. The highest BCUT2D eigenvalue weighted by Gasteiger charge is 2.52. The predicted molar refractivity (Wildman–Crippen MR) is 103 cm³/mol. The lowest BCUT2D eigenvalue weighted by Gasteiger charge is -2.19. The van der Waals surface area contributed by atoms with Crippen LogP contribution in [0.1, 0.15) is 64.7 Å². The van der Waals surface area contributed by atoms with Gasteiger partial charge in [0.25, 0.3) is 5.91 Å². The Morgan fingerprint density at radius 3 is 2.40 bits per heavy atom. The Kier molecular flexibility index (Phi) is 5.95. The number of hydrogen-bond donors (Lipinski definition) is 2. The number of ether oxygens (including phenoxy) is 2. The average Bonchev–Trinajstić information content (AvgIpc) is 3.34. The van der Waals surface area contributed by atoms with E-state index in [0.29, 0.717) is 24.1 Å². The molecule has 0 unspecified atom stereocenters. The largest absolute Gasteiger partial charge is 0.462 e. The number of nitrogens with zero attached hydrogens (tertiary/aromatic N) is 1. The monoisotopic (exact) mass is 419 g/mol. The molecule has 3 rings (SSSR count). The van der Waals surface area contributed by atoms with Crippen LogP contribution in [-0.2, 0) is 19.1 Å². The van der Waals surface area contributed by atoms with Gasteiger partial charge in [0.1, 0.15) is 12.1 Å². The second-order valence-corrected chi connectivity index (χ2v) is 7.54. The Labute approximate surface area is 173 Å². The van der Waals surface area contributed by atoms with Gasteiger partial charge >= 0.3 is 18.0 Å². The first kappa shape index (κ1) is 21.5. The molecule has 2 fully saturated rings. The molecule has 1 aromatic heterocycles. The summed E-state index contributed by atoms with van der Waals surface area (Å²) >= 11 is 0. The summed E-state index contributed by atoms with van der Waals surface area (Å²) in [5.74, 6) is -2.38. The molecule has 1 spiro atoms. The number of ketones is 1. The van der Waals surface area contributed by atoms with E-state index in [2.05, 4.69) is 10.3 Å². The fourth-order valence-electron chi connectivity index (χ4n) is 4.07. The van der Waals surface area contributed by atoms with Crippen LogP contribution < -0.4 is 5.32 Å². The second-order valence-electron chi connectivity index (χ2n) is 7.54. The predicted octanol–water partition coefficient (Wildman–Crippen LogP) is 1.40. The molecule has 1 saturated carbocycles. The molecule has 30 heavy (non-hydrogen) atoms. The van der Waals surface area contributed by atoms with E-state index < -0.39 is 48.4 Å². The lowest BCUT2D eigenvalue weighted by atomic mass is 9.98. The zero-order valence-corrected chi connectivity index (χ0v) is 17.3. The number of imide groups is 1. The molecule has 3 amide bonds. The van der Waals surface area contributed by atoms with Gasteiger partial charge in [-0.25, -0.2) is 9.59 Å².